The number of nitrogens with one attached hydrogen (secondary N) is 1. The Morgan fingerprint density at radius 2 is 1.89 bits per heavy atom. The largest absolute Gasteiger partial charge is 0.343 e. The van der Waals surface area contributed by atoms with Gasteiger partial charge in [-0.2, -0.15) is 0 Å². The average Bonchev–Trinajstić information content (AvgIpc) is 3.14. The van der Waals surface area contributed by atoms with E-state index in [1.54, 1.807) is 0 Å². The van der Waals surface area contributed by atoms with Gasteiger partial charge in [0.15, 0.2) is 0 Å². The summed E-state index contributed by atoms with van der Waals surface area (Å²) in [5.41, 5.74) is 1.18. The molecule has 1 aliphatic rings. The van der Waals surface area contributed by atoms with Gasteiger partial charge in [0.25, 0.3) is 0 Å². The minimum Gasteiger partial charge on any atom is -0.343 e. The van der Waals surface area contributed by atoms with Crippen molar-refractivity contribution in [1.29, 1.82) is 0 Å². The van der Waals surface area contributed by atoms with Crippen molar-refractivity contribution in [2.75, 3.05) is 18.4 Å². The molecule has 0 radical (unpaired) electrons. The number of nitrogens with zero attached hydrogens (tertiary/aromatic N) is 3. The number of benzene rings is 1. The SMILES string of the molecule is CCCc1nnc(NC(=O)C2CCN(C(=O)CCc3ccccc3)CC2)s1. The number of likely N-dealkylation sites (tertiary alicyclic amines) is 1. The van der Waals surface area contributed by atoms with E-state index >= 15 is 0 Å². The van der Waals surface area contributed by atoms with Crippen LogP contribution in [0.2, 0.25) is 0 Å². The first-order valence-electron chi connectivity index (χ1n) is 9.60. The van der Waals surface area contributed by atoms with Crippen LogP contribution in [0.15, 0.2) is 30.3 Å². The first-order valence-corrected chi connectivity index (χ1v) is 10.4. The Hall–Kier alpha value is -2.28. The molecule has 1 aliphatic heterocycles. The summed E-state index contributed by atoms with van der Waals surface area (Å²) < 4.78 is 0. The molecule has 0 unspecified atom stereocenters. The highest BCUT2D eigenvalue weighted by Crippen LogP contribution is 2.22. The second-order valence-corrected chi connectivity index (χ2v) is 7.94. The third-order valence-electron chi connectivity index (χ3n) is 4.85. The zero-order chi connectivity index (χ0) is 19.1. The summed E-state index contributed by atoms with van der Waals surface area (Å²) in [6, 6.07) is 10.1. The van der Waals surface area contributed by atoms with Gasteiger partial charge in [-0.1, -0.05) is 48.6 Å². The predicted molar refractivity (Wildman–Crippen MR) is 107 cm³/mol. The Bertz CT molecular complexity index is 754. The summed E-state index contributed by atoms with van der Waals surface area (Å²) in [6.07, 6.45) is 4.58. The highest BCUT2D eigenvalue weighted by atomic mass is 32.1. The molecular formula is C20H26N4O2S. The molecule has 1 fully saturated rings. The fraction of sp³-hybridized carbons (Fsp3) is 0.500. The summed E-state index contributed by atoms with van der Waals surface area (Å²) in [5.74, 6) is 0.0957. The summed E-state index contributed by atoms with van der Waals surface area (Å²) in [4.78, 5) is 26.7. The lowest BCUT2D eigenvalue weighted by atomic mass is 9.95. The first kappa shape index (κ1) is 19.5. The quantitative estimate of drug-likeness (QED) is 0.792. The number of carbonyl (C=O) groups is 2. The van der Waals surface area contributed by atoms with Gasteiger partial charge in [-0.3, -0.25) is 9.59 Å². The second kappa shape index (κ2) is 9.60. The van der Waals surface area contributed by atoms with Crippen LogP contribution in [0.5, 0.6) is 0 Å². The first-order chi connectivity index (χ1) is 13.2. The number of anilines is 1. The van der Waals surface area contributed by atoms with Crippen LogP contribution >= 0.6 is 11.3 Å². The molecule has 1 aromatic heterocycles. The topological polar surface area (TPSA) is 75.2 Å². The van der Waals surface area contributed by atoms with E-state index in [-0.39, 0.29) is 17.7 Å². The molecule has 7 heteroatoms. The molecule has 0 saturated carbocycles. The molecule has 144 valence electrons. The minimum atomic E-state index is -0.0679. The van der Waals surface area contributed by atoms with Gasteiger partial charge in [-0.05, 0) is 31.2 Å². The number of carbonyl (C=O) groups excluding carboxylic acids is 2. The zero-order valence-electron chi connectivity index (χ0n) is 15.7. The van der Waals surface area contributed by atoms with Gasteiger partial charge in [-0.15, -0.1) is 10.2 Å². The van der Waals surface area contributed by atoms with E-state index in [4.69, 9.17) is 0 Å². The highest BCUT2D eigenvalue weighted by Gasteiger charge is 2.27. The monoisotopic (exact) mass is 386 g/mol. The Balaban J connectivity index is 1.42. The lowest BCUT2D eigenvalue weighted by Gasteiger charge is -2.31. The van der Waals surface area contributed by atoms with Crippen molar-refractivity contribution in [2.45, 2.75) is 45.4 Å². The van der Waals surface area contributed by atoms with Crippen LogP contribution in [0.3, 0.4) is 0 Å². The second-order valence-electron chi connectivity index (χ2n) is 6.88. The number of aromatic nitrogens is 2. The molecule has 1 N–H and O–H groups in total. The molecule has 2 heterocycles. The van der Waals surface area contributed by atoms with E-state index in [0.717, 1.165) is 24.3 Å². The Kier molecular flexibility index (Phi) is 6.92. The maximum Gasteiger partial charge on any atom is 0.229 e. The summed E-state index contributed by atoms with van der Waals surface area (Å²) in [7, 11) is 0. The number of hydrogen-bond acceptors (Lipinski definition) is 5. The van der Waals surface area contributed by atoms with Crippen LogP contribution in [0.25, 0.3) is 0 Å². The van der Waals surface area contributed by atoms with Gasteiger partial charge in [-0.25, -0.2) is 0 Å². The fourth-order valence-corrected chi connectivity index (χ4v) is 4.12. The lowest BCUT2D eigenvalue weighted by Crippen LogP contribution is -2.41. The van der Waals surface area contributed by atoms with Crippen LogP contribution in [-0.4, -0.2) is 40.0 Å². The number of hydrogen-bond donors (Lipinski definition) is 1. The van der Waals surface area contributed by atoms with E-state index in [0.29, 0.717) is 37.5 Å². The maximum absolute atomic E-state index is 12.4. The summed E-state index contributed by atoms with van der Waals surface area (Å²) >= 11 is 1.44. The van der Waals surface area contributed by atoms with Crippen molar-refractivity contribution in [3.05, 3.63) is 40.9 Å². The molecule has 2 aromatic rings. The van der Waals surface area contributed by atoms with Crippen molar-refractivity contribution in [3.8, 4) is 0 Å². The van der Waals surface area contributed by atoms with Gasteiger partial charge >= 0.3 is 0 Å². The number of piperidine rings is 1. The van der Waals surface area contributed by atoms with Crippen LogP contribution in [-0.2, 0) is 22.4 Å². The average molecular weight is 387 g/mol. The Morgan fingerprint density at radius 3 is 2.59 bits per heavy atom. The van der Waals surface area contributed by atoms with Crippen molar-refractivity contribution in [2.24, 2.45) is 5.92 Å². The van der Waals surface area contributed by atoms with Crippen LogP contribution in [0.4, 0.5) is 5.13 Å². The molecule has 0 aliphatic carbocycles. The van der Waals surface area contributed by atoms with Gasteiger partial charge in [0, 0.05) is 31.8 Å². The molecule has 27 heavy (non-hydrogen) atoms. The van der Waals surface area contributed by atoms with Crippen LogP contribution < -0.4 is 5.32 Å². The van der Waals surface area contributed by atoms with Crippen molar-refractivity contribution in [3.63, 3.8) is 0 Å². The molecule has 6 nitrogen and oxygen atoms in total. The highest BCUT2D eigenvalue weighted by molar-refractivity contribution is 7.15. The molecule has 2 amide bonds. The molecule has 3 rings (SSSR count). The van der Waals surface area contributed by atoms with Gasteiger partial charge in [0.05, 0.1) is 0 Å². The minimum absolute atomic E-state index is 0.00872. The third kappa shape index (κ3) is 5.60. The van der Waals surface area contributed by atoms with Crippen molar-refractivity contribution < 1.29 is 9.59 Å². The number of amides is 2. The van der Waals surface area contributed by atoms with E-state index in [1.165, 1.54) is 16.9 Å². The Morgan fingerprint density at radius 1 is 1.15 bits per heavy atom. The van der Waals surface area contributed by atoms with Crippen LogP contribution in [0.1, 0.15) is 43.2 Å². The van der Waals surface area contributed by atoms with E-state index in [2.05, 4.69) is 22.4 Å². The van der Waals surface area contributed by atoms with E-state index < -0.39 is 0 Å². The lowest BCUT2D eigenvalue weighted by molar-refractivity contribution is -0.134. The van der Waals surface area contributed by atoms with E-state index in [1.807, 2.05) is 35.2 Å². The predicted octanol–water partition coefficient (Wildman–Crippen LogP) is 3.30. The number of rotatable bonds is 7. The zero-order valence-corrected chi connectivity index (χ0v) is 16.5. The fourth-order valence-electron chi connectivity index (χ4n) is 3.27. The van der Waals surface area contributed by atoms with Crippen molar-refractivity contribution >= 4 is 28.3 Å². The van der Waals surface area contributed by atoms with Gasteiger partial charge < -0.3 is 10.2 Å². The summed E-state index contributed by atoms with van der Waals surface area (Å²) in [5, 5.41) is 12.5. The molecular weight excluding hydrogens is 360 g/mol. The molecule has 0 atom stereocenters. The molecule has 1 aromatic carbocycles. The molecule has 0 bridgehead atoms. The smallest absolute Gasteiger partial charge is 0.229 e. The number of aryl methyl sites for hydroxylation is 2. The van der Waals surface area contributed by atoms with Gasteiger partial charge in [0.2, 0.25) is 16.9 Å². The Labute approximate surface area is 164 Å². The maximum atomic E-state index is 12.4. The molecule has 1 saturated heterocycles. The normalized spacial score (nSPS) is 14.9. The molecule has 0 spiro atoms. The standard InChI is InChI=1S/C20H26N4O2S/c1-2-6-17-22-23-20(27-17)21-19(26)16-11-13-24(14-12-16)18(25)10-9-15-7-4-3-5-8-15/h3-5,7-8,16H,2,6,9-14H2,1H3,(H,21,23,26). The van der Waals surface area contributed by atoms with Crippen molar-refractivity contribution in [1.82, 2.24) is 15.1 Å². The summed E-state index contributed by atoms with van der Waals surface area (Å²) in [6.45, 7) is 3.38. The van der Waals surface area contributed by atoms with E-state index in [9.17, 15) is 9.59 Å². The van der Waals surface area contributed by atoms with Crippen LogP contribution in [0, 0.1) is 5.92 Å². The van der Waals surface area contributed by atoms with Gasteiger partial charge in [0.1, 0.15) is 5.01 Å². The third-order valence-corrected chi connectivity index (χ3v) is 5.75.